The zero-order valence-corrected chi connectivity index (χ0v) is 14.0. The molecule has 0 aliphatic carbocycles. The van der Waals surface area contributed by atoms with E-state index in [0.717, 1.165) is 11.1 Å². The highest BCUT2D eigenvalue weighted by molar-refractivity contribution is 6.13. The van der Waals surface area contributed by atoms with Gasteiger partial charge in [-0.2, -0.15) is 0 Å². The molecule has 6 heteroatoms. The fourth-order valence-electron chi connectivity index (χ4n) is 2.59. The lowest BCUT2D eigenvalue weighted by atomic mass is 10.1. The van der Waals surface area contributed by atoms with Gasteiger partial charge < -0.3 is 14.8 Å². The quantitative estimate of drug-likeness (QED) is 0.672. The fourth-order valence-corrected chi connectivity index (χ4v) is 2.59. The summed E-state index contributed by atoms with van der Waals surface area (Å²) in [5.41, 5.74) is 1.84. The molecule has 1 saturated heterocycles. The molecule has 25 heavy (non-hydrogen) atoms. The Morgan fingerprint density at radius 1 is 1.00 bits per heavy atom. The molecule has 3 amide bonds. The minimum Gasteiger partial charge on any atom is -0.493 e. The standard InChI is InChI=1S/C19H18N2O4/c1-24-16-9-8-14(11-17(16)25-2)10-15-18(22)21(19(23)20-15)12-13-6-4-3-5-7-13/h3-11H,12H2,1-2H3,(H,20,23)/b15-10+. The second-order valence-electron chi connectivity index (χ2n) is 5.48. The zero-order valence-electron chi connectivity index (χ0n) is 14.0. The minimum atomic E-state index is -0.430. The number of carbonyl (C=O) groups excluding carboxylic acids is 2. The summed E-state index contributed by atoms with van der Waals surface area (Å²) in [4.78, 5) is 25.8. The van der Waals surface area contributed by atoms with Crippen LogP contribution in [0, 0.1) is 0 Å². The summed E-state index contributed by atoms with van der Waals surface area (Å²) < 4.78 is 10.4. The minimum absolute atomic E-state index is 0.230. The molecule has 2 aromatic rings. The molecule has 0 atom stereocenters. The molecular weight excluding hydrogens is 320 g/mol. The normalized spacial score (nSPS) is 15.4. The molecule has 0 spiro atoms. The van der Waals surface area contributed by atoms with E-state index in [-0.39, 0.29) is 18.1 Å². The number of amides is 3. The zero-order chi connectivity index (χ0) is 17.8. The van der Waals surface area contributed by atoms with E-state index in [1.54, 1.807) is 38.5 Å². The number of ether oxygens (including phenoxy) is 2. The Hall–Kier alpha value is -3.28. The van der Waals surface area contributed by atoms with Gasteiger partial charge in [0.05, 0.1) is 20.8 Å². The second kappa shape index (κ2) is 7.09. The smallest absolute Gasteiger partial charge is 0.329 e. The van der Waals surface area contributed by atoms with Crippen molar-refractivity contribution in [3.8, 4) is 11.5 Å². The SMILES string of the molecule is COc1ccc(/C=C2/NC(=O)N(Cc3ccccc3)C2=O)cc1OC. The van der Waals surface area contributed by atoms with Crippen LogP contribution in [0.15, 0.2) is 54.2 Å². The number of benzene rings is 2. The first-order chi connectivity index (χ1) is 12.1. The lowest BCUT2D eigenvalue weighted by Crippen LogP contribution is -2.30. The second-order valence-corrected chi connectivity index (χ2v) is 5.48. The van der Waals surface area contributed by atoms with Crippen LogP contribution in [-0.4, -0.2) is 31.1 Å². The average molecular weight is 338 g/mol. The van der Waals surface area contributed by atoms with Gasteiger partial charge in [0, 0.05) is 0 Å². The lowest BCUT2D eigenvalue weighted by molar-refractivity contribution is -0.123. The van der Waals surface area contributed by atoms with Gasteiger partial charge in [-0.1, -0.05) is 36.4 Å². The van der Waals surface area contributed by atoms with Crippen LogP contribution >= 0.6 is 0 Å². The van der Waals surface area contributed by atoms with Crippen molar-refractivity contribution in [2.45, 2.75) is 6.54 Å². The molecule has 1 N–H and O–H groups in total. The Labute approximate surface area is 145 Å². The first-order valence-corrected chi connectivity index (χ1v) is 7.73. The van der Waals surface area contributed by atoms with E-state index in [2.05, 4.69) is 5.32 Å². The van der Waals surface area contributed by atoms with Gasteiger partial charge in [-0.15, -0.1) is 0 Å². The number of hydrogen-bond donors (Lipinski definition) is 1. The first kappa shape index (κ1) is 16.6. The van der Waals surface area contributed by atoms with Crippen LogP contribution in [0.3, 0.4) is 0 Å². The Morgan fingerprint density at radius 2 is 1.72 bits per heavy atom. The first-order valence-electron chi connectivity index (χ1n) is 7.73. The van der Waals surface area contributed by atoms with Crippen molar-refractivity contribution in [1.82, 2.24) is 10.2 Å². The lowest BCUT2D eigenvalue weighted by Gasteiger charge is -2.11. The summed E-state index contributed by atoms with van der Waals surface area (Å²) in [6.45, 7) is 0.231. The van der Waals surface area contributed by atoms with E-state index < -0.39 is 6.03 Å². The molecule has 0 aromatic heterocycles. The van der Waals surface area contributed by atoms with Gasteiger partial charge in [-0.3, -0.25) is 9.69 Å². The fraction of sp³-hybridized carbons (Fsp3) is 0.158. The Kier molecular flexibility index (Phi) is 4.70. The molecule has 6 nitrogen and oxygen atoms in total. The number of carbonyl (C=O) groups is 2. The van der Waals surface area contributed by atoms with E-state index in [4.69, 9.17) is 9.47 Å². The van der Waals surface area contributed by atoms with Crippen molar-refractivity contribution in [3.63, 3.8) is 0 Å². The van der Waals surface area contributed by atoms with Gasteiger partial charge in [-0.05, 0) is 29.3 Å². The molecule has 3 rings (SSSR count). The summed E-state index contributed by atoms with van der Waals surface area (Å²) in [5.74, 6) is 0.788. The summed E-state index contributed by atoms with van der Waals surface area (Å²) >= 11 is 0. The van der Waals surface area contributed by atoms with Gasteiger partial charge >= 0.3 is 6.03 Å². The van der Waals surface area contributed by atoms with E-state index >= 15 is 0 Å². The Morgan fingerprint density at radius 3 is 2.40 bits per heavy atom. The van der Waals surface area contributed by atoms with Crippen LogP contribution in [0.5, 0.6) is 11.5 Å². The highest BCUT2D eigenvalue weighted by atomic mass is 16.5. The molecule has 1 fully saturated rings. The maximum atomic E-state index is 12.5. The molecule has 2 aromatic carbocycles. The average Bonchev–Trinajstić information content (AvgIpc) is 2.90. The van der Waals surface area contributed by atoms with Crippen molar-refractivity contribution >= 4 is 18.0 Å². The van der Waals surface area contributed by atoms with Gasteiger partial charge in [-0.25, -0.2) is 4.79 Å². The van der Waals surface area contributed by atoms with Gasteiger partial charge in [0.25, 0.3) is 5.91 Å². The number of imide groups is 1. The number of hydrogen-bond acceptors (Lipinski definition) is 4. The van der Waals surface area contributed by atoms with Gasteiger partial charge in [0.15, 0.2) is 11.5 Å². The van der Waals surface area contributed by atoms with Crippen molar-refractivity contribution in [3.05, 3.63) is 65.4 Å². The van der Waals surface area contributed by atoms with Crippen molar-refractivity contribution in [2.75, 3.05) is 14.2 Å². The number of rotatable bonds is 5. The van der Waals surface area contributed by atoms with Crippen LogP contribution in [0.2, 0.25) is 0 Å². The predicted molar refractivity (Wildman–Crippen MR) is 93.0 cm³/mol. The predicted octanol–water partition coefficient (Wildman–Crippen LogP) is 2.80. The molecule has 0 unspecified atom stereocenters. The van der Waals surface area contributed by atoms with E-state index in [1.165, 1.54) is 4.90 Å². The molecule has 128 valence electrons. The molecule has 0 radical (unpaired) electrons. The number of nitrogens with one attached hydrogen (secondary N) is 1. The molecule has 0 bridgehead atoms. The van der Waals surface area contributed by atoms with Crippen molar-refractivity contribution in [1.29, 1.82) is 0 Å². The van der Waals surface area contributed by atoms with E-state index in [1.807, 2.05) is 30.3 Å². The third kappa shape index (κ3) is 3.47. The maximum Gasteiger partial charge on any atom is 0.329 e. The third-order valence-corrected chi connectivity index (χ3v) is 3.86. The summed E-state index contributed by atoms with van der Waals surface area (Å²) in [5, 5.41) is 2.62. The highest BCUT2D eigenvalue weighted by Crippen LogP contribution is 2.28. The number of urea groups is 1. The molecule has 1 aliphatic rings. The molecule has 0 saturated carbocycles. The number of methoxy groups -OCH3 is 2. The van der Waals surface area contributed by atoms with Gasteiger partial charge in [0.2, 0.25) is 0 Å². The third-order valence-electron chi connectivity index (χ3n) is 3.86. The summed E-state index contributed by atoms with van der Waals surface area (Å²) in [7, 11) is 3.09. The summed E-state index contributed by atoms with van der Waals surface area (Å²) in [6.07, 6.45) is 1.62. The van der Waals surface area contributed by atoms with Crippen LogP contribution in [-0.2, 0) is 11.3 Å². The highest BCUT2D eigenvalue weighted by Gasteiger charge is 2.33. The Bertz CT molecular complexity index is 831. The van der Waals surface area contributed by atoms with E-state index in [9.17, 15) is 9.59 Å². The van der Waals surface area contributed by atoms with E-state index in [0.29, 0.717) is 11.5 Å². The largest absolute Gasteiger partial charge is 0.493 e. The topological polar surface area (TPSA) is 67.9 Å². The maximum absolute atomic E-state index is 12.5. The number of nitrogens with zero attached hydrogens (tertiary/aromatic N) is 1. The Balaban J connectivity index is 1.83. The van der Waals surface area contributed by atoms with Crippen molar-refractivity contribution in [2.24, 2.45) is 0 Å². The molecule has 1 aliphatic heterocycles. The van der Waals surface area contributed by atoms with Crippen molar-refractivity contribution < 1.29 is 19.1 Å². The van der Waals surface area contributed by atoms with Crippen LogP contribution in [0.4, 0.5) is 4.79 Å². The van der Waals surface area contributed by atoms with Crippen LogP contribution in [0.25, 0.3) is 6.08 Å². The van der Waals surface area contributed by atoms with Gasteiger partial charge in [0.1, 0.15) is 5.70 Å². The molecular formula is C19H18N2O4. The summed E-state index contributed by atoms with van der Waals surface area (Å²) in [6, 6.07) is 14.2. The molecule has 1 heterocycles. The van der Waals surface area contributed by atoms with Crippen LogP contribution in [0.1, 0.15) is 11.1 Å². The van der Waals surface area contributed by atoms with Crippen LogP contribution < -0.4 is 14.8 Å². The monoisotopic (exact) mass is 338 g/mol.